The molecule has 0 amide bonds. The molecule has 156 valence electrons. The zero-order valence-corrected chi connectivity index (χ0v) is 16.9. The van der Waals surface area contributed by atoms with Crippen molar-refractivity contribution < 1.29 is 24.9 Å². The molecule has 3 fully saturated rings. The van der Waals surface area contributed by atoms with Crippen LogP contribution in [0.5, 0.6) is 0 Å². The summed E-state index contributed by atoms with van der Waals surface area (Å²) < 4.78 is 5.94. The van der Waals surface area contributed by atoms with Crippen LogP contribution in [0.2, 0.25) is 0 Å². The number of aliphatic hydroxyl groups excluding tert-OH is 2. The molecule has 5 heteroatoms. The van der Waals surface area contributed by atoms with Crippen LogP contribution >= 0.6 is 0 Å². The van der Waals surface area contributed by atoms with Crippen molar-refractivity contribution in [1.82, 2.24) is 0 Å². The Kier molecular flexibility index (Phi) is 7.20. The summed E-state index contributed by atoms with van der Waals surface area (Å²) in [7, 11) is 1.72. The molecule has 0 heterocycles. The van der Waals surface area contributed by atoms with E-state index in [-0.39, 0.29) is 29.8 Å². The van der Waals surface area contributed by atoms with Gasteiger partial charge in [-0.3, -0.25) is 4.79 Å². The van der Waals surface area contributed by atoms with E-state index in [9.17, 15) is 15.0 Å². The van der Waals surface area contributed by atoms with Gasteiger partial charge in [0.1, 0.15) is 6.10 Å². The maximum atomic E-state index is 10.7. The van der Waals surface area contributed by atoms with Gasteiger partial charge >= 0.3 is 5.97 Å². The molecular formula is C23H34O5. The Morgan fingerprint density at radius 1 is 1.32 bits per heavy atom. The maximum Gasteiger partial charge on any atom is 0.303 e. The minimum atomic E-state index is -0.765. The van der Waals surface area contributed by atoms with Crippen molar-refractivity contribution >= 4 is 5.97 Å². The van der Waals surface area contributed by atoms with Crippen LogP contribution in [0, 0.1) is 29.6 Å². The highest BCUT2D eigenvalue weighted by Gasteiger charge is 2.58. The van der Waals surface area contributed by atoms with Gasteiger partial charge < -0.3 is 20.1 Å². The predicted octanol–water partition coefficient (Wildman–Crippen LogP) is 3.29. The van der Waals surface area contributed by atoms with Crippen LogP contribution < -0.4 is 0 Å². The summed E-state index contributed by atoms with van der Waals surface area (Å²) >= 11 is 0. The third kappa shape index (κ3) is 4.45. The SMILES string of the molecule is COC12CCC(O)C(C#CC(O)C3CCCCC3)C1C/C2=C/CCCC(=O)O. The van der Waals surface area contributed by atoms with Crippen molar-refractivity contribution in [3.63, 3.8) is 0 Å². The summed E-state index contributed by atoms with van der Waals surface area (Å²) in [6.45, 7) is 0. The predicted molar refractivity (Wildman–Crippen MR) is 107 cm³/mol. The van der Waals surface area contributed by atoms with Crippen molar-refractivity contribution in [3.05, 3.63) is 11.6 Å². The summed E-state index contributed by atoms with van der Waals surface area (Å²) in [5, 5.41) is 29.8. The first-order chi connectivity index (χ1) is 13.5. The molecule has 0 aromatic carbocycles. The van der Waals surface area contributed by atoms with E-state index in [0.29, 0.717) is 12.8 Å². The van der Waals surface area contributed by atoms with Crippen LogP contribution in [0.15, 0.2) is 11.6 Å². The second-order valence-electron chi connectivity index (χ2n) is 8.68. The summed E-state index contributed by atoms with van der Waals surface area (Å²) in [4.78, 5) is 10.7. The number of rotatable bonds is 6. The number of unbranched alkanes of at least 4 members (excludes halogenated alkanes) is 1. The molecule has 28 heavy (non-hydrogen) atoms. The minimum Gasteiger partial charge on any atom is -0.481 e. The highest BCUT2D eigenvalue weighted by molar-refractivity contribution is 5.66. The van der Waals surface area contributed by atoms with E-state index < -0.39 is 18.2 Å². The fourth-order valence-electron chi connectivity index (χ4n) is 5.37. The van der Waals surface area contributed by atoms with Gasteiger partial charge in [0.15, 0.2) is 0 Å². The number of methoxy groups -OCH3 is 1. The lowest BCUT2D eigenvalue weighted by molar-refractivity contribution is -0.138. The number of carboxylic acids is 1. The fourth-order valence-corrected chi connectivity index (χ4v) is 5.37. The zero-order chi connectivity index (χ0) is 20.1. The van der Waals surface area contributed by atoms with E-state index >= 15 is 0 Å². The monoisotopic (exact) mass is 390 g/mol. The van der Waals surface area contributed by atoms with Crippen LogP contribution in [0.25, 0.3) is 0 Å². The highest BCUT2D eigenvalue weighted by atomic mass is 16.5. The molecule has 3 N–H and O–H groups in total. The van der Waals surface area contributed by atoms with Crippen LogP contribution in [-0.2, 0) is 9.53 Å². The molecule has 5 nitrogen and oxygen atoms in total. The van der Waals surface area contributed by atoms with Gasteiger partial charge in [-0.2, -0.15) is 0 Å². The lowest BCUT2D eigenvalue weighted by Crippen LogP contribution is -2.59. The third-order valence-electron chi connectivity index (χ3n) is 7.09. The van der Waals surface area contributed by atoms with E-state index in [1.54, 1.807) is 7.11 Å². The summed E-state index contributed by atoms with van der Waals surface area (Å²) in [5.41, 5.74) is 0.842. The first kappa shape index (κ1) is 21.4. The Morgan fingerprint density at radius 2 is 2.07 bits per heavy atom. The van der Waals surface area contributed by atoms with Crippen molar-refractivity contribution in [2.75, 3.05) is 7.11 Å². The number of hydrogen-bond donors (Lipinski definition) is 3. The zero-order valence-electron chi connectivity index (χ0n) is 16.9. The lowest BCUT2D eigenvalue weighted by Gasteiger charge is -2.57. The van der Waals surface area contributed by atoms with Crippen LogP contribution in [0.4, 0.5) is 0 Å². The molecule has 0 aromatic rings. The average molecular weight is 391 g/mol. The van der Waals surface area contributed by atoms with Gasteiger partial charge in [0.05, 0.1) is 17.6 Å². The highest BCUT2D eigenvalue weighted by Crippen LogP contribution is 2.56. The van der Waals surface area contributed by atoms with Crippen molar-refractivity contribution in [2.24, 2.45) is 17.8 Å². The topological polar surface area (TPSA) is 87.0 Å². The molecule has 0 aliphatic heterocycles. The second kappa shape index (κ2) is 9.43. The number of hydrogen-bond acceptors (Lipinski definition) is 4. The second-order valence-corrected chi connectivity index (χ2v) is 8.68. The van der Waals surface area contributed by atoms with Crippen molar-refractivity contribution in [2.45, 2.75) is 88.4 Å². The number of carboxylic acid groups (broad SMARTS) is 1. The summed E-state index contributed by atoms with van der Waals surface area (Å²) in [6.07, 6.45) is 10.5. The molecule has 0 aromatic heterocycles. The standard InChI is InChI=1S/C23H34O5/c1-28-23-14-13-21(25)18(11-12-20(24)16-7-3-2-4-8-16)19(23)15-17(23)9-5-6-10-22(26)27/h9,16,18-21,24-25H,2-8,10,13-15H2,1H3,(H,26,27)/b17-9-. The van der Waals surface area contributed by atoms with Gasteiger partial charge in [0.25, 0.3) is 0 Å². The van der Waals surface area contributed by atoms with Crippen molar-refractivity contribution in [1.29, 1.82) is 0 Å². The molecular weight excluding hydrogens is 356 g/mol. The van der Waals surface area contributed by atoms with Gasteiger partial charge in [-0.25, -0.2) is 0 Å². The number of allylic oxidation sites excluding steroid dienone is 1. The minimum absolute atomic E-state index is 0.137. The van der Waals surface area contributed by atoms with Crippen molar-refractivity contribution in [3.8, 4) is 11.8 Å². The molecule has 0 spiro atoms. The molecule has 5 unspecified atom stereocenters. The van der Waals surface area contributed by atoms with E-state index in [2.05, 4.69) is 17.9 Å². The molecule has 3 aliphatic carbocycles. The Labute approximate surface area is 168 Å². The Morgan fingerprint density at radius 3 is 2.75 bits per heavy atom. The van der Waals surface area contributed by atoms with Crippen LogP contribution in [0.3, 0.4) is 0 Å². The molecule has 3 rings (SSSR count). The van der Waals surface area contributed by atoms with E-state index in [0.717, 1.165) is 32.1 Å². The van der Waals surface area contributed by atoms with E-state index in [1.807, 2.05) is 0 Å². The molecule has 0 saturated heterocycles. The first-order valence-electron chi connectivity index (χ1n) is 10.8. The molecule has 0 bridgehead atoms. The lowest BCUT2D eigenvalue weighted by atomic mass is 9.53. The number of fused-ring (bicyclic) bond motifs is 1. The number of carbonyl (C=O) groups is 1. The first-order valence-corrected chi connectivity index (χ1v) is 10.8. The average Bonchev–Trinajstić information content (AvgIpc) is 2.68. The van der Waals surface area contributed by atoms with Gasteiger partial charge in [-0.15, -0.1) is 0 Å². The van der Waals surface area contributed by atoms with Crippen LogP contribution in [-0.4, -0.2) is 46.2 Å². The van der Waals surface area contributed by atoms with E-state index in [1.165, 1.54) is 24.8 Å². The molecule has 3 saturated carbocycles. The summed E-state index contributed by atoms with van der Waals surface area (Å²) in [5.74, 6) is 5.75. The van der Waals surface area contributed by atoms with Gasteiger partial charge in [-0.1, -0.05) is 37.2 Å². The Hall–Kier alpha value is -1.35. The fraction of sp³-hybridized carbons (Fsp3) is 0.783. The van der Waals surface area contributed by atoms with Gasteiger partial charge in [0, 0.05) is 19.4 Å². The maximum absolute atomic E-state index is 10.7. The Balaban J connectivity index is 1.66. The largest absolute Gasteiger partial charge is 0.481 e. The summed E-state index contributed by atoms with van der Waals surface area (Å²) in [6, 6.07) is 0. The van der Waals surface area contributed by atoms with E-state index in [4.69, 9.17) is 9.84 Å². The molecule has 0 radical (unpaired) electrons. The normalized spacial score (nSPS) is 35.4. The van der Waals surface area contributed by atoms with Gasteiger partial charge in [0.2, 0.25) is 0 Å². The molecule has 3 aliphatic rings. The Bertz CT molecular complexity index is 639. The number of aliphatic hydroxyl groups is 2. The van der Waals surface area contributed by atoms with Crippen LogP contribution in [0.1, 0.15) is 70.6 Å². The quantitative estimate of drug-likeness (QED) is 0.368. The number of aliphatic carboxylic acids is 1. The van der Waals surface area contributed by atoms with Gasteiger partial charge in [-0.05, 0) is 56.4 Å². The molecule has 5 atom stereocenters. The smallest absolute Gasteiger partial charge is 0.303 e. The number of ether oxygens (including phenoxy) is 1. The third-order valence-corrected chi connectivity index (χ3v) is 7.09.